The Bertz CT molecular complexity index is 765. The van der Waals surface area contributed by atoms with Crippen LogP contribution in [0.15, 0.2) is 48.5 Å². The van der Waals surface area contributed by atoms with Gasteiger partial charge >= 0.3 is 0 Å². The molecule has 0 saturated heterocycles. The van der Waals surface area contributed by atoms with Gasteiger partial charge in [0.05, 0.1) is 18.5 Å². The second kappa shape index (κ2) is 8.14. The van der Waals surface area contributed by atoms with Gasteiger partial charge in [0.25, 0.3) is 0 Å². The van der Waals surface area contributed by atoms with E-state index in [0.717, 1.165) is 22.4 Å². The number of carbonyl (C=O) groups is 2. The molecule has 1 heterocycles. The van der Waals surface area contributed by atoms with Gasteiger partial charge in [0.1, 0.15) is 0 Å². The van der Waals surface area contributed by atoms with E-state index in [2.05, 4.69) is 10.6 Å². The third-order valence-electron chi connectivity index (χ3n) is 4.25. The zero-order chi connectivity index (χ0) is 17.1. The van der Waals surface area contributed by atoms with Crippen LogP contribution in [0, 0.1) is 0 Å². The molecule has 2 amide bonds. The lowest BCUT2D eigenvalue weighted by atomic mass is 10.0. The van der Waals surface area contributed by atoms with E-state index in [0.29, 0.717) is 12.8 Å². The van der Waals surface area contributed by atoms with Crippen molar-refractivity contribution in [1.82, 2.24) is 5.32 Å². The molecule has 132 valence electrons. The van der Waals surface area contributed by atoms with Crippen LogP contribution in [0.5, 0.6) is 0 Å². The molecule has 4 N–H and O–H groups in total. The number of hydrogen-bond acceptors (Lipinski definition) is 3. The van der Waals surface area contributed by atoms with Crippen LogP contribution >= 0.6 is 12.4 Å². The summed E-state index contributed by atoms with van der Waals surface area (Å²) in [6, 6.07) is 14.7. The highest BCUT2D eigenvalue weighted by molar-refractivity contribution is 5.99. The van der Waals surface area contributed by atoms with Crippen molar-refractivity contribution in [3.8, 4) is 0 Å². The summed E-state index contributed by atoms with van der Waals surface area (Å²) in [7, 11) is 0. The number of rotatable bonds is 5. The van der Waals surface area contributed by atoms with Gasteiger partial charge in [0.2, 0.25) is 11.8 Å². The molecule has 0 fully saturated rings. The minimum atomic E-state index is -0.590. The van der Waals surface area contributed by atoms with Gasteiger partial charge in [0.15, 0.2) is 0 Å². The maximum atomic E-state index is 12.3. The third kappa shape index (κ3) is 4.59. The normalized spacial score (nSPS) is 14.7. The molecule has 5 nitrogen and oxygen atoms in total. The fraction of sp³-hybridized carbons (Fsp3) is 0.263. The van der Waals surface area contributed by atoms with Gasteiger partial charge in [-0.3, -0.25) is 9.59 Å². The minimum Gasteiger partial charge on any atom is -0.348 e. The van der Waals surface area contributed by atoms with Crippen molar-refractivity contribution in [1.29, 1.82) is 0 Å². The molecule has 25 heavy (non-hydrogen) atoms. The smallest absolute Gasteiger partial charge is 0.237 e. The fourth-order valence-corrected chi connectivity index (χ4v) is 2.88. The van der Waals surface area contributed by atoms with Gasteiger partial charge in [-0.05, 0) is 36.1 Å². The standard InChI is InChI=1S/C19H21N3O2.ClH/c1-12(14-7-8-17-15(10-14)11-18(23)22-17)21-19(24)16(20)9-13-5-3-2-4-6-13;/h2-8,10,12,16H,9,11,20H2,1H3,(H,21,24)(H,22,23);1H/t12?,16-;/m0./s1. The van der Waals surface area contributed by atoms with Crippen LogP contribution in [0.3, 0.4) is 0 Å². The number of nitrogens with one attached hydrogen (secondary N) is 2. The van der Waals surface area contributed by atoms with E-state index in [-0.39, 0.29) is 30.3 Å². The molecule has 0 saturated carbocycles. The number of carbonyl (C=O) groups excluding carboxylic acids is 2. The average Bonchev–Trinajstić information content (AvgIpc) is 2.94. The molecule has 1 unspecified atom stereocenters. The highest BCUT2D eigenvalue weighted by Crippen LogP contribution is 2.26. The highest BCUT2D eigenvalue weighted by Gasteiger charge is 2.21. The zero-order valence-corrected chi connectivity index (χ0v) is 14.8. The lowest BCUT2D eigenvalue weighted by Gasteiger charge is -2.18. The molecular formula is C19H22ClN3O2. The van der Waals surface area contributed by atoms with Gasteiger partial charge in [-0.15, -0.1) is 12.4 Å². The van der Waals surface area contributed by atoms with Crippen LogP contribution in [0.2, 0.25) is 0 Å². The lowest BCUT2D eigenvalue weighted by molar-refractivity contribution is -0.123. The Kier molecular flexibility index (Phi) is 6.17. The Balaban J connectivity index is 0.00000225. The number of anilines is 1. The van der Waals surface area contributed by atoms with E-state index in [4.69, 9.17) is 5.73 Å². The topological polar surface area (TPSA) is 84.2 Å². The van der Waals surface area contributed by atoms with Crippen LogP contribution < -0.4 is 16.4 Å². The van der Waals surface area contributed by atoms with Crippen molar-refractivity contribution in [2.24, 2.45) is 5.73 Å². The second-order valence-electron chi connectivity index (χ2n) is 6.17. The van der Waals surface area contributed by atoms with Crippen molar-refractivity contribution in [3.63, 3.8) is 0 Å². The Labute approximate surface area is 153 Å². The summed E-state index contributed by atoms with van der Waals surface area (Å²) in [5.41, 5.74) is 9.83. The first-order valence-electron chi connectivity index (χ1n) is 8.05. The van der Waals surface area contributed by atoms with E-state index in [1.54, 1.807) is 0 Å². The van der Waals surface area contributed by atoms with Crippen molar-refractivity contribution in [3.05, 3.63) is 65.2 Å². The summed E-state index contributed by atoms with van der Waals surface area (Å²) in [6.45, 7) is 1.92. The van der Waals surface area contributed by atoms with Gasteiger partial charge < -0.3 is 16.4 Å². The summed E-state index contributed by atoms with van der Waals surface area (Å²) < 4.78 is 0. The predicted octanol–water partition coefficient (Wildman–Crippen LogP) is 2.35. The number of nitrogens with two attached hydrogens (primary N) is 1. The van der Waals surface area contributed by atoms with Crippen LogP contribution in [0.25, 0.3) is 0 Å². The summed E-state index contributed by atoms with van der Waals surface area (Å²) in [5.74, 6) is -0.176. The van der Waals surface area contributed by atoms with Crippen molar-refractivity contribution >= 4 is 29.9 Å². The molecular weight excluding hydrogens is 338 g/mol. The van der Waals surface area contributed by atoms with E-state index in [1.807, 2.05) is 55.5 Å². The summed E-state index contributed by atoms with van der Waals surface area (Å²) in [4.78, 5) is 23.7. The van der Waals surface area contributed by atoms with E-state index in [9.17, 15) is 9.59 Å². The maximum absolute atomic E-state index is 12.3. The highest BCUT2D eigenvalue weighted by atomic mass is 35.5. The molecule has 2 atom stereocenters. The number of hydrogen-bond donors (Lipinski definition) is 3. The van der Waals surface area contributed by atoms with E-state index in [1.165, 1.54) is 0 Å². The summed E-state index contributed by atoms with van der Waals surface area (Å²) in [6.07, 6.45) is 0.888. The Morgan fingerprint density at radius 3 is 2.68 bits per heavy atom. The third-order valence-corrected chi connectivity index (χ3v) is 4.25. The first-order chi connectivity index (χ1) is 11.5. The molecule has 0 spiro atoms. The van der Waals surface area contributed by atoms with Crippen molar-refractivity contribution in [2.45, 2.75) is 31.8 Å². The molecule has 1 aliphatic rings. The van der Waals surface area contributed by atoms with Crippen LogP contribution in [0.1, 0.15) is 29.7 Å². The molecule has 0 aliphatic carbocycles. The zero-order valence-electron chi connectivity index (χ0n) is 14.0. The SMILES string of the molecule is CC(NC(=O)[C@@H](N)Cc1ccccc1)c1ccc2c(c1)CC(=O)N2.Cl. The first kappa shape index (κ1) is 19.0. The maximum Gasteiger partial charge on any atom is 0.237 e. The number of amides is 2. The number of halogens is 1. The molecule has 0 bridgehead atoms. The van der Waals surface area contributed by atoms with E-state index >= 15 is 0 Å². The van der Waals surface area contributed by atoms with Crippen molar-refractivity contribution < 1.29 is 9.59 Å². The van der Waals surface area contributed by atoms with Crippen LogP contribution in [-0.2, 0) is 22.4 Å². The minimum absolute atomic E-state index is 0. The predicted molar refractivity (Wildman–Crippen MR) is 101 cm³/mol. The van der Waals surface area contributed by atoms with Crippen molar-refractivity contribution in [2.75, 3.05) is 5.32 Å². The quantitative estimate of drug-likeness (QED) is 0.766. The van der Waals surface area contributed by atoms with E-state index < -0.39 is 6.04 Å². The van der Waals surface area contributed by atoms with Gasteiger partial charge in [0, 0.05) is 5.69 Å². The molecule has 0 radical (unpaired) electrons. The molecule has 2 aromatic rings. The molecule has 3 rings (SSSR count). The van der Waals surface area contributed by atoms with Crippen LogP contribution in [0.4, 0.5) is 5.69 Å². The fourth-order valence-electron chi connectivity index (χ4n) is 2.88. The van der Waals surface area contributed by atoms with Gasteiger partial charge in [-0.1, -0.05) is 42.5 Å². The largest absolute Gasteiger partial charge is 0.348 e. The summed E-state index contributed by atoms with van der Waals surface area (Å²) >= 11 is 0. The molecule has 1 aliphatic heterocycles. The molecule has 0 aromatic heterocycles. The second-order valence-corrected chi connectivity index (χ2v) is 6.17. The molecule has 6 heteroatoms. The molecule has 2 aromatic carbocycles. The van der Waals surface area contributed by atoms with Gasteiger partial charge in [-0.25, -0.2) is 0 Å². The Morgan fingerprint density at radius 1 is 1.24 bits per heavy atom. The first-order valence-corrected chi connectivity index (χ1v) is 8.05. The monoisotopic (exact) mass is 359 g/mol. The summed E-state index contributed by atoms with van der Waals surface area (Å²) in [5, 5.41) is 5.75. The Hall–Kier alpha value is -2.37. The number of benzene rings is 2. The van der Waals surface area contributed by atoms with Crippen LogP contribution in [-0.4, -0.2) is 17.9 Å². The lowest BCUT2D eigenvalue weighted by Crippen LogP contribution is -2.42. The Morgan fingerprint density at radius 2 is 1.96 bits per heavy atom. The van der Waals surface area contributed by atoms with Gasteiger partial charge in [-0.2, -0.15) is 0 Å². The average molecular weight is 360 g/mol. The number of fused-ring (bicyclic) bond motifs is 1.